The average molecular weight is 449 g/mol. The van der Waals surface area contributed by atoms with E-state index in [4.69, 9.17) is 0 Å². The van der Waals surface area contributed by atoms with Crippen LogP contribution in [0.3, 0.4) is 0 Å². The quantitative estimate of drug-likeness (QED) is 0.415. The number of aromatic nitrogens is 3. The first-order valence-electron chi connectivity index (χ1n) is 10.5. The molecule has 2 N–H and O–H groups in total. The number of carbonyl (C=O) groups is 1. The molecule has 0 radical (unpaired) electrons. The van der Waals surface area contributed by atoms with Gasteiger partial charge in [-0.25, -0.2) is 4.79 Å². The fourth-order valence-electron chi connectivity index (χ4n) is 4.06. The van der Waals surface area contributed by atoms with E-state index in [-0.39, 0.29) is 11.7 Å². The number of rotatable bonds is 4. The number of fused-ring (bicyclic) bond motifs is 1. The van der Waals surface area contributed by atoms with Crippen LogP contribution in [0.1, 0.15) is 21.6 Å². The van der Waals surface area contributed by atoms with Crippen molar-refractivity contribution in [1.82, 2.24) is 14.7 Å². The molecule has 166 valence electrons. The van der Waals surface area contributed by atoms with Gasteiger partial charge in [0.1, 0.15) is 5.69 Å². The van der Waals surface area contributed by atoms with E-state index in [9.17, 15) is 14.9 Å². The largest absolute Gasteiger partial charge is 0.439 e. The second-order valence-corrected chi connectivity index (χ2v) is 7.95. The number of nitrogens with zero attached hydrogens (tertiary/aromatic N) is 3. The van der Waals surface area contributed by atoms with E-state index >= 15 is 0 Å². The maximum Gasteiger partial charge on any atom is 0.439 e. The van der Waals surface area contributed by atoms with Crippen molar-refractivity contribution >= 4 is 22.5 Å². The Balaban J connectivity index is 1.53. The van der Waals surface area contributed by atoms with Gasteiger partial charge in [-0.2, -0.15) is 5.26 Å². The summed E-state index contributed by atoms with van der Waals surface area (Å²) in [5.74, 6) is -0.946. The number of amides is 1. The van der Waals surface area contributed by atoms with Gasteiger partial charge < -0.3 is 9.88 Å². The molecule has 0 bridgehead atoms. The molecule has 0 atom stereocenters. The molecule has 0 saturated carbocycles. The summed E-state index contributed by atoms with van der Waals surface area (Å²) in [5.41, 5.74) is 5.88. The summed E-state index contributed by atoms with van der Waals surface area (Å²) >= 11 is 0. The van der Waals surface area contributed by atoms with E-state index in [1.165, 1.54) is 11.6 Å². The molecule has 0 saturated heterocycles. The predicted octanol–water partition coefficient (Wildman–Crippen LogP) is 4.62. The van der Waals surface area contributed by atoms with Crippen LogP contribution in [0, 0.1) is 18.3 Å². The molecule has 0 aliphatic heterocycles. The third-order valence-electron chi connectivity index (χ3n) is 5.83. The number of hydrogen-bond acceptors (Lipinski definition) is 5. The lowest BCUT2D eigenvalue weighted by molar-refractivity contribution is 0.102. The molecule has 5 aromatic rings. The van der Waals surface area contributed by atoms with E-state index < -0.39 is 5.76 Å². The average Bonchev–Trinajstić information content (AvgIpc) is 3.42. The Labute approximate surface area is 194 Å². The second-order valence-electron chi connectivity index (χ2n) is 7.95. The SMILES string of the molecule is Cc1ccccc1-c1ccc2cc(C(=O)Nc3ccc(C#N)cc3-c3noc(=O)[nH]3)n(C)c2c1. The van der Waals surface area contributed by atoms with Crippen molar-refractivity contribution in [1.29, 1.82) is 5.26 Å². The van der Waals surface area contributed by atoms with Crippen LogP contribution in [0.2, 0.25) is 0 Å². The lowest BCUT2D eigenvalue weighted by Gasteiger charge is -2.11. The van der Waals surface area contributed by atoms with Crippen molar-refractivity contribution in [3.05, 3.63) is 94.1 Å². The van der Waals surface area contributed by atoms with Crippen LogP contribution in [0.5, 0.6) is 0 Å². The van der Waals surface area contributed by atoms with E-state index in [0.29, 0.717) is 22.5 Å². The maximum absolute atomic E-state index is 13.2. The first-order chi connectivity index (χ1) is 16.4. The third kappa shape index (κ3) is 3.65. The van der Waals surface area contributed by atoms with Crippen LogP contribution >= 0.6 is 0 Å². The Hall–Kier alpha value is -4.90. The highest BCUT2D eigenvalue weighted by molar-refractivity contribution is 6.08. The van der Waals surface area contributed by atoms with Crippen LogP contribution in [0.15, 0.2) is 76.0 Å². The Morgan fingerprint density at radius 2 is 1.91 bits per heavy atom. The van der Waals surface area contributed by atoms with Gasteiger partial charge in [-0.05, 0) is 53.9 Å². The number of H-pyrrole nitrogens is 1. The number of aromatic amines is 1. The van der Waals surface area contributed by atoms with Crippen LogP contribution in [0.4, 0.5) is 5.69 Å². The number of nitrogens with one attached hydrogen (secondary N) is 2. The van der Waals surface area contributed by atoms with Crippen molar-refractivity contribution < 1.29 is 9.32 Å². The van der Waals surface area contributed by atoms with E-state index in [2.05, 4.69) is 45.1 Å². The highest BCUT2D eigenvalue weighted by Crippen LogP contribution is 2.30. The summed E-state index contributed by atoms with van der Waals surface area (Å²) in [4.78, 5) is 27.1. The predicted molar refractivity (Wildman–Crippen MR) is 128 cm³/mol. The van der Waals surface area contributed by atoms with E-state index in [0.717, 1.165) is 22.0 Å². The molecule has 8 heteroatoms. The highest BCUT2D eigenvalue weighted by atomic mass is 16.5. The molecule has 0 fully saturated rings. The fourth-order valence-corrected chi connectivity index (χ4v) is 4.06. The number of benzene rings is 3. The lowest BCUT2D eigenvalue weighted by Crippen LogP contribution is -2.16. The van der Waals surface area contributed by atoms with Crippen molar-refractivity contribution in [2.24, 2.45) is 7.05 Å². The fraction of sp³-hybridized carbons (Fsp3) is 0.0769. The molecule has 1 amide bonds. The Bertz CT molecular complexity index is 1670. The number of anilines is 1. The summed E-state index contributed by atoms with van der Waals surface area (Å²) in [6.07, 6.45) is 0. The van der Waals surface area contributed by atoms with Gasteiger partial charge in [0.2, 0.25) is 0 Å². The molecule has 0 aliphatic carbocycles. The number of hydrogen-bond donors (Lipinski definition) is 2. The molecule has 5 rings (SSSR count). The molecule has 8 nitrogen and oxygen atoms in total. The minimum Gasteiger partial charge on any atom is -0.340 e. The molecule has 0 spiro atoms. The standard InChI is InChI=1S/C26H19N5O3/c1-15-5-3-4-6-19(15)17-8-9-18-13-23(31(2)22(18)12-17)25(32)28-21-10-7-16(14-27)11-20(21)24-29-26(33)34-30-24/h3-13H,1-2H3,(H,28,32)(H,29,30,33). The van der Waals surface area contributed by atoms with E-state index in [1.807, 2.05) is 48.0 Å². The smallest absolute Gasteiger partial charge is 0.340 e. The lowest BCUT2D eigenvalue weighted by atomic mass is 10.00. The zero-order chi connectivity index (χ0) is 23.8. The van der Waals surface area contributed by atoms with Crippen molar-refractivity contribution in [3.63, 3.8) is 0 Å². The molecule has 2 aromatic heterocycles. The molecular weight excluding hydrogens is 430 g/mol. The van der Waals surface area contributed by atoms with Crippen molar-refractivity contribution in [2.45, 2.75) is 6.92 Å². The van der Waals surface area contributed by atoms with Gasteiger partial charge in [-0.1, -0.05) is 41.6 Å². The summed E-state index contributed by atoms with van der Waals surface area (Å²) in [6.45, 7) is 2.07. The number of aryl methyl sites for hydroxylation is 2. The minimum atomic E-state index is -0.729. The first-order valence-corrected chi connectivity index (χ1v) is 10.5. The van der Waals surface area contributed by atoms with Crippen LogP contribution < -0.4 is 11.1 Å². The Kier molecular flexibility index (Phi) is 5.07. The Morgan fingerprint density at radius 1 is 1.09 bits per heavy atom. The number of nitriles is 1. The molecule has 3 aromatic carbocycles. The summed E-state index contributed by atoms with van der Waals surface area (Å²) < 4.78 is 6.43. The van der Waals surface area contributed by atoms with Gasteiger partial charge in [-0.15, -0.1) is 0 Å². The maximum atomic E-state index is 13.2. The van der Waals surface area contributed by atoms with Crippen molar-refractivity contribution in [2.75, 3.05) is 5.32 Å². The first kappa shape index (κ1) is 21.0. The molecule has 2 heterocycles. The summed E-state index contributed by atoms with van der Waals surface area (Å²) in [6, 6.07) is 22.8. The van der Waals surface area contributed by atoms with Crippen molar-refractivity contribution in [3.8, 4) is 28.6 Å². The van der Waals surface area contributed by atoms with Gasteiger partial charge in [0.15, 0.2) is 5.82 Å². The van der Waals surface area contributed by atoms with Gasteiger partial charge in [-0.3, -0.25) is 14.3 Å². The summed E-state index contributed by atoms with van der Waals surface area (Å²) in [7, 11) is 1.84. The van der Waals surface area contributed by atoms with Gasteiger partial charge >= 0.3 is 5.76 Å². The van der Waals surface area contributed by atoms with E-state index in [1.54, 1.807) is 12.1 Å². The zero-order valence-electron chi connectivity index (χ0n) is 18.4. The topological polar surface area (TPSA) is 117 Å². The zero-order valence-corrected chi connectivity index (χ0v) is 18.4. The molecule has 0 aliphatic rings. The normalized spacial score (nSPS) is 10.9. The van der Waals surface area contributed by atoms with Crippen LogP contribution in [-0.4, -0.2) is 20.6 Å². The monoisotopic (exact) mass is 449 g/mol. The summed E-state index contributed by atoms with van der Waals surface area (Å²) in [5, 5.41) is 16.7. The molecule has 0 unspecified atom stereocenters. The van der Waals surface area contributed by atoms with Gasteiger partial charge in [0.25, 0.3) is 5.91 Å². The highest BCUT2D eigenvalue weighted by Gasteiger charge is 2.18. The third-order valence-corrected chi connectivity index (χ3v) is 5.83. The second kappa shape index (κ2) is 8.22. The van der Waals surface area contributed by atoms with Crippen LogP contribution in [0.25, 0.3) is 33.4 Å². The molecular formula is C26H19N5O3. The van der Waals surface area contributed by atoms with Gasteiger partial charge in [0.05, 0.1) is 17.3 Å². The van der Waals surface area contributed by atoms with Crippen LogP contribution in [-0.2, 0) is 7.05 Å². The Morgan fingerprint density at radius 3 is 2.65 bits per heavy atom. The number of carbonyl (C=O) groups excluding carboxylic acids is 1. The minimum absolute atomic E-state index is 0.123. The molecule has 34 heavy (non-hydrogen) atoms. The van der Waals surface area contributed by atoms with Gasteiger partial charge in [0, 0.05) is 23.5 Å².